The molecule has 0 amide bonds. The van der Waals surface area contributed by atoms with Gasteiger partial charge in [0, 0.05) is 16.7 Å². The largest absolute Gasteiger partial charge is 0.496 e. The fraction of sp³-hybridized carbons (Fsp3) is 0.125. The Labute approximate surface area is 121 Å². The highest BCUT2D eigenvalue weighted by Crippen LogP contribution is 2.41. The van der Waals surface area contributed by atoms with Crippen LogP contribution in [0.5, 0.6) is 11.5 Å². The smallest absolute Gasteiger partial charge is 0.153 e. The standard InChI is InChI=1S/C16H13FO4/c1-20-13-5-3-4-10(8-18)15(13)16-11(9-19)12(17)6-7-14(16)21-2/h3-9H,1-2H3. The van der Waals surface area contributed by atoms with Crippen molar-refractivity contribution in [1.29, 1.82) is 0 Å². The van der Waals surface area contributed by atoms with Crippen LogP contribution in [0.15, 0.2) is 30.3 Å². The Kier molecular flexibility index (Phi) is 4.33. The Morgan fingerprint density at radius 1 is 0.905 bits per heavy atom. The number of rotatable bonds is 5. The van der Waals surface area contributed by atoms with Crippen LogP contribution in [0.2, 0.25) is 0 Å². The van der Waals surface area contributed by atoms with Crippen molar-refractivity contribution in [2.75, 3.05) is 14.2 Å². The van der Waals surface area contributed by atoms with E-state index in [1.807, 2.05) is 0 Å². The van der Waals surface area contributed by atoms with Gasteiger partial charge in [0.2, 0.25) is 0 Å². The molecule has 108 valence electrons. The SMILES string of the molecule is COc1cccc(C=O)c1-c1c(OC)ccc(F)c1C=O. The first-order valence-electron chi connectivity index (χ1n) is 6.12. The fourth-order valence-corrected chi connectivity index (χ4v) is 2.20. The van der Waals surface area contributed by atoms with Crippen LogP contribution in [0.1, 0.15) is 20.7 Å². The molecule has 0 aromatic heterocycles. The van der Waals surface area contributed by atoms with E-state index in [4.69, 9.17) is 9.47 Å². The third-order valence-electron chi connectivity index (χ3n) is 3.15. The van der Waals surface area contributed by atoms with Crippen molar-refractivity contribution in [3.8, 4) is 22.6 Å². The van der Waals surface area contributed by atoms with E-state index >= 15 is 0 Å². The quantitative estimate of drug-likeness (QED) is 0.793. The number of hydrogen-bond acceptors (Lipinski definition) is 4. The minimum Gasteiger partial charge on any atom is -0.496 e. The maximum absolute atomic E-state index is 13.9. The molecule has 0 bridgehead atoms. The van der Waals surface area contributed by atoms with Crippen molar-refractivity contribution in [3.05, 3.63) is 47.3 Å². The average Bonchev–Trinajstić information content (AvgIpc) is 2.53. The minimum atomic E-state index is -0.691. The lowest BCUT2D eigenvalue weighted by Gasteiger charge is -2.16. The molecule has 2 rings (SSSR count). The van der Waals surface area contributed by atoms with Gasteiger partial charge >= 0.3 is 0 Å². The molecule has 2 aromatic carbocycles. The molecule has 0 radical (unpaired) electrons. The highest BCUT2D eigenvalue weighted by atomic mass is 19.1. The van der Waals surface area contributed by atoms with Crippen molar-refractivity contribution in [2.24, 2.45) is 0 Å². The molecule has 0 aliphatic rings. The lowest BCUT2D eigenvalue weighted by Crippen LogP contribution is -2.01. The summed E-state index contributed by atoms with van der Waals surface area (Å²) in [4.78, 5) is 22.5. The minimum absolute atomic E-state index is 0.179. The Hall–Kier alpha value is -2.69. The van der Waals surface area contributed by atoms with Crippen molar-refractivity contribution in [1.82, 2.24) is 0 Å². The number of benzene rings is 2. The van der Waals surface area contributed by atoms with E-state index in [-0.39, 0.29) is 22.4 Å². The number of carbonyl (C=O) groups is 2. The molecule has 0 heterocycles. The Bertz CT molecular complexity index is 695. The number of hydrogen-bond donors (Lipinski definition) is 0. The third kappa shape index (κ3) is 2.50. The lowest BCUT2D eigenvalue weighted by molar-refractivity contribution is 0.111. The normalized spacial score (nSPS) is 10.0. The van der Waals surface area contributed by atoms with E-state index < -0.39 is 5.82 Å². The summed E-state index contributed by atoms with van der Waals surface area (Å²) < 4.78 is 24.3. The van der Waals surface area contributed by atoms with E-state index in [1.165, 1.54) is 20.3 Å². The topological polar surface area (TPSA) is 52.6 Å². The van der Waals surface area contributed by atoms with Gasteiger partial charge < -0.3 is 9.47 Å². The van der Waals surface area contributed by atoms with Gasteiger partial charge in [0.25, 0.3) is 0 Å². The van der Waals surface area contributed by atoms with Crippen molar-refractivity contribution in [2.45, 2.75) is 0 Å². The second-order valence-electron chi connectivity index (χ2n) is 4.20. The lowest BCUT2D eigenvalue weighted by atomic mass is 9.94. The molecule has 0 aliphatic heterocycles. The van der Waals surface area contributed by atoms with Gasteiger partial charge in [0.1, 0.15) is 17.3 Å². The summed E-state index contributed by atoms with van der Waals surface area (Å²) in [6, 6.07) is 7.37. The van der Waals surface area contributed by atoms with Crippen LogP contribution in [0, 0.1) is 5.82 Å². The molecule has 0 atom stereocenters. The predicted octanol–water partition coefficient (Wildman–Crippen LogP) is 3.13. The summed E-state index contributed by atoms with van der Waals surface area (Å²) in [5, 5.41) is 0. The zero-order chi connectivity index (χ0) is 15.4. The first-order valence-corrected chi connectivity index (χ1v) is 6.12. The number of ether oxygens (including phenoxy) is 2. The molecular formula is C16H13FO4. The number of aldehydes is 2. The maximum atomic E-state index is 13.9. The third-order valence-corrected chi connectivity index (χ3v) is 3.15. The van der Waals surface area contributed by atoms with Gasteiger partial charge in [-0.3, -0.25) is 9.59 Å². The molecule has 5 heteroatoms. The Morgan fingerprint density at radius 2 is 1.57 bits per heavy atom. The highest BCUT2D eigenvalue weighted by Gasteiger charge is 2.21. The first kappa shape index (κ1) is 14.7. The molecular weight excluding hydrogens is 275 g/mol. The summed E-state index contributed by atoms with van der Waals surface area (Å²) >= 11 is 0. The van der Waals surface area contributed by atoms with Gasteiger partial charge in [-0.05, 0) is 18.2 Å². The highest BCUT2D eigenvalue weighted by molar-refractivity contribution is 5.99. The van der Waals surface area contributed by atoms with Crippen LogP contribution in [0.25, 0.3) is 11.1 Å². The molecule has 0 fully saturated rings. The summed E-state index contributed by atoms with van der Waals surface area (Å²) in [6.45, 7) is 0. The van der Waals surface area contributed by atoms with Crippen molar-refractivity contribution in [3.63, 3.8) is 0 Å². The Balaban J connectivity index is 2.92. The molecule has 0 saturated heterocycles. The van der Waals surface area contributed by atoms with E-state index in [0.717, 1.165) is 6.07 Å². The molecule has 0 spiro atoms. The van der Waals surface area contributed by atoms with Crippen molar-refractivity contribution >= 4 is 12.6 Å². The molecule has 0 N–H and O–H groups in total. The van der Waals surface area contributed by atoms with Gasteiger partial charge in [0.05, 0.1) is 19.8 Å². The summed E-state index contributed by atoms with van der Waals surface area (Å²) in [5.74, 6) is -0.0544. The van der Waals surface area contributed by atoms with Gasteiger partial charge in [-0.1, -0.05) is 12.1 Å². The number of halogens is 1. The van der Waals surface area contributed by atoms with Crippen LogP contribution in [-0.2, 0) is 0 Å². The van der Waals surface area contributed by atoms with Crippen LogP contribution in [-0.4, -0.2) is 26.8 Å². The number of methoxy groups -OCH3 is 2. The second-order valence-corrected chi connectivity index (χ2v) is 4.20. The van der Waals surface area contributed by atoms with Crippen LogP contribution >= 0.6 is 0 Å². The summed E-state index contributed by atoms with van der Waals surface area (Å²) in [6.07, 6.45) is 1.02. The molecule has 21 heavy (non-hydrogen) atoms. The van der Waals surface area contributed by atoms with Gasteiger partial charge in [-0.15, -0.1) is 0 Å². The summed E-state index contributed by atoms with van der Waals surface area (Å²) in [7, 11) is 2.83. The summed E-state index contributed by atoms with van der Waals surface area (Å²) in [5.41, 5.74) is 0.629. The van der Waals surface area contributed by atoms with Gasteiger partial charge in [-0.2, -0.15) is 0 Å². The van der Waals surface area contributed by atoms with E-state index in [2.05, 4.69) is 0 Å². The number of carbonyl (C=O) groups excluding carboxylic acids is 2. The predicted molar refractivity (Wildman–Crippen MR) is 75.7 cm³/mol. The zero-order valence-electron chi connectivity index (χ0n) is 11.6. The van der Waals surface area contributed by atoms with Crippen molar-refractivity contribution < 1.29 is 23.5 Å². The van der Waals surface area contributed by atoms with E-state index in [1.54, 1.807) is 18.2 Å². The fourth-order valence-electron chi connectivity index (χ4n) is 2.20. The van der Waals surface area contributed by atoms with E-state index in [9.17, 15) is 14.0 Å². The second kappa shape index (κ2) is 6.17. The maximum Gasteiger partial charge on any atom is 0.153 e. The molecule has 0 unspecified atom stereocenters. The average molecular weight is 288 g/mol. The van der Waals surface area contributed by atoms with E-state index in [0.29, 0.717) is 23.9 Å². The zero-order valence-corrected chi connectivity index (χ0v) is 11.6. The monoisotopic (exact) mass is 288 g/mol. The molecule has 4 nitrogen and oxygen atoms in total. The van der Waals surface area contributed by atoms with Crippen LogP contribution in [0.3, 0.4) is 0 Å². The molecule has 0 aliphatic carbocycles. The molecule has 2 aromatic rings. The van der Waals surface area contributed by atoms with Gasteiger partial charge in [-0.25, -0.2) is 4.39 Å². The first-order chi connectivity index (χ1) is 10.2. The molecule has 0 saturated carbocycles. The Morgan fingerprint density at radius 3 is 2.14 bits per heavy atom. The van der Waals surface area contributed by atoms with Crippen LogP contribution < -0.4 is 9.47 Å². The van der Waals surface area contributed by atoms with Gasteiger partial charge in [0.15, 0.2) is 12.6 Å². The van der Waals surface area contributed by atoms with Crippen LogP contribution in [0.4, 0.5) is 4.39 Å².